The van der Waals surface area contributed by atoms with Gasteiger partial charge in [0.15, 0.2) is 0 Å². The van der Waals surface area contributed by atoms with Gasteiger partial charge in [0.2, 0.25) is 0 Å². The van der Waals surface area contributed by atoms with Gasteiger partial charge in [-0.25, -0.2) is 15.2 Å². The minimum Gasteiger partial charge on any atom is -0.307 e. The zero-order valence-electron chi connectivity index (χ0n) is 19.2. The van der Waals surface area contributed by atoms with Crippen LogP contribution in [-0.2, 0) is 0 Å². The van der Waals surface area contributed by atoms with Crippen LogP contribution in [0, 0.1) is 0 Å². The Morgan fingerprint density at radius 1 is 0.892 bits per heavy atom. The summed E-state index contributed by atoms with van der Waals surface area (Å²) in [6, 6.07) is 29.1. The third-order valence-corrected chi connectivity index (χ3v) is 6.55. The van der Waals surface area contributed by atoms with Crippen LogP contribution in [-0.4, -0.2) is 21.8 Å². The number of nitrogens with zero attached hydrogens (tertiary/aromatic N) is 3. The average Bonchev–Trinajstić information content (AvgIpc) is 2.91. The van der Waals surface area contributed by atoms with Gasteiger partial charge in [-0.05, 0) is 57.9 Å². The van der Waals surface area contributed by atoms with E-state index in [0.717, 1.165) is 20.1 Å². The molecule has 7 nitrogen and oxygen atoms in total. The predicted molar refractivity (Wildman–Crippen MR) is 154 cm³/mol. The number of rotatable bonds is 5. The van der Waals surface area contributed by atoms with Gasteiger partial charge in [-0.1, -0.05) is 76.6 Å². The SMILES string of the molecule is O=C(N/N=C/c1ccccc1)Nc1ccc(-n2c(-c3ccccc3)nc3c(Br)cc(Br)cc3c2=O)cc1. The number of urea groups is 1. The summed E-state index contributed by atoms with van der Waals surface area (Å²) in [5, 5.41) is 7.16. The number of carbonyl (C=O) groups excluding carboxylic acids is 1. The normalized spacial score (nSPS) is 11.1. The first-order valence-electron chi connectivity index (χ1n) is 11.2. The summed E-state index contributed by atoms with van der Waals surface area (Å²) in [6.07, 6.45) is 1.56. The maximum atomic E-state index is 13.7. The van der Waals surface area contributed by atoms with Crippen LogP contribution in [0.4, 0.5) is 10.5 Å². The van der Waals surface area contributed by atoms with Crippen molar-refractivity contribution in [3.63, 3.8) is 0 Å². The molecule has 0 unspecified atom stereocenters. The van der Waals surface area contributed by atoms with Crippen LogP contribution in [0.15, 0.2) is 116 Å². The lowest BCUT2D eigenvalue weighted by atomic mass is 10.1. The highest BCUT2D eigenvalue weighted by atomic mass is 79.9. The molecular formula is C28H19Br2N5O2. The molecule has 2 amide bonds. The van der Waals surface area contributed by atoms with Gasteiger partial charge in [0.1, 0.15) is 5.82 Å². The lowest BCUT2D eigenvalue weighted by Gasteiger charge is -2.15. The predicted octanol–water partition coefficient (Wildman–Crippen LogP) is 6.73. The van der Waals surface area contributed by atoms with Gasteiger partial charge < -0.3 is 5.32 Å². The number of anilines is 1. The van der Waals surface area contributed by atoms with Crippen LogP contribution in [0.1, 0.15) is 5.56 Å². The lowest BCUT2D eigenvalue weighted by molar-refractivity contribution is 0.252. The summed E-state index contributed by atoms with van der Waals surface area (Å²) in [6.45, 7) is 0. The van der Waals surface area contributed by atoms with Crippen molar-refractivity contribution >= 4 is 60.7 Å². The van der Waals surface area contributed by atoms with E-state index in [1.54, 1.807) is 41.1 Å². The third kappa shape index (κ3) is 5.52. The molecule has 2 N–H and O–H groups in total. The first-order valence-corrected chi connectivity index (χ1v) is 12.8. The molecule has 0 bridgehead atoms. The molecule has 0 saturated carbocycles. The van der Waals surface area contributed by atoms with Crippen molar-refractivity contribution in [1.82, 2.24) is 15.0 Å². The van der Waals surface area contributed by atoms with E-state index in [1.165, 1.54) is 0 Å². The molecule has 0 aliphatic carbocycles. The molecule has 37 heavy (non-hydrogen) atoms. The van der Waals surface area contributed by atoms with Gasteiger partial charge in [-0.15, -0.1) is 0 Å². The fourth-order valence-electron chi connectivity index (χ4n) is 3.79. The number of halogens is 2. The minimum atomic E-state index is -0.482. The van der Waals surface area contributed by atoms with Crippen LogP contribution in [0.2, 0.25) is 0 Å². The Bertz CT molecular complexity index is 1670. The monoisotopic (exact) mass is 615 g/mol. The highest BCUT2D eigenvalue weighted by molar-refractivity contribution is 9.11. The van der Waals surface area contributed by atoms with Crippen molar-refractivity contribution in [3.8, 4) is 17.1 Å². The Morgan fingerprint density at radius 3 is 2.27 bits per heavy atom. The van der Waals surface area contributed by atoms with E-state index in [-0.39, 0.29) is 5.56 Å². The largest absolute Gasteiger partial charge is 0.339 e. The fraction of sp³-hybridized carbons (Fsp3) is 0. The first kappa shape index (κ1) is 24.6. The molecule has 0 aliphatic heterocycles. The Morgan fingerprint density at radius 2 is 1.57 bits per heavy atom. The summed E-state index contributed by atoms with van der Waals surface area (Å²) >= 11 is 7.00. The molecule has 1 aromatic heterocycles. The van der Waals surface area contributed by atoms with E-state index in [4.69, 9.17) is 4.98 Å². The Balaban J connectivity index is 1.46. The van der Waals surface area contributed by atoms with Gasteiger partial charge in [0.05, 0.1) is 22.8 Å². The van der Waals surface area contributed by atoms with Crippen LogP contribution in [0.3, 0.4) is 0 Å². The van der Waals surface area contributed by atoms with Gasteiger partial charge >= 0.3 is 6.03 Å². The quantitative estimate of drug-likeness (QED) is 0.169. The summed E-state index contributed by atoms with van der Waals surface area (Å²) in [5.74, 6) is 0.509. The highest BCUT2D eigenvalue weighted by Gasteiger charge is 2.17. The van der Waals surface area contributed by atoms with Crippen LogP contribution >= 0.6 is 31.9 Å². The summed E-state index contributed by atoms with van der Waals surface area (Å²) in [5.41, 5.74) is 5.64. The summed E-state index contributed by atoms with van der Waals surface area (Å²) in [7, 11) is 0. The Labute approximate surface area is 229 Å². The number of hydrazone groups is 1. The van der Waals surface area contributed by atoms with E-state index in [9.17, 15) is 9.59 Å². The maximum absolute atomic E-state index is 13.7. The molecule has 9 heteroatoms. The van der Waals surface area contributed by atoms with E-state index in [1.807, 2.05) is 66.7 Å². The first-order chi connectivity index (χ1) is 18.0. The number of benzene rings is 4. The number of amides is 2. The van der Waals surface area contributed by atoms with E-state index < -0.39 is 6.03 Å². The topological polar surface area (TPSA) is 88.4 Å². The number of carbonyl (C=O) groups is 1. The van der Waals surface area contributed by atoms with Gasteiger partial charge in [0.25, 0.3) is 5.56 Å². The van der Waals surface area contributed by atoms with Crippen molar-refractivity contribution in [2.75, 3.05) is 5.32 Å². The second kappa shape index (κ2) is 10.9. The molecule has 1 heterocycles. The van der Waals surface area contributed by atoms with Crippen molar-refractivity contribution in [3.05, 3.63) is 122 Å². The maximum Gasteiger partial charge on any atom is 0.339 e. The molecule has 0 atom stereocenters. The third-order valence-electron chi connectivity index (χ3n) is 5.49. The molecule has 0 spiro atoms. The molecule has 182 valence electrons. The number of aromatic nitrogens is 2. The van der Waals surface area contributed by atoms with Crippen LogP contribution in [0.5, 0.6) is 0 Å². The molecular weight excluding hydrogens is 598 g/mol. The average molecular weight is 617 g/mol. The van der Waals surface area contributed by atoms with Crippen molar-refractivity contribution in [2.24, 2.45) is 5.10 Å². The van der Waals surface area contributed by atoms with E-state index in [0.29, 0.717) is 28.1 Å². The molecule has 0 aliphatic rings. The second-order valence-corrected chi connectivity index (χ2v) is 9.78. The highest BCUT2D eigenvalue weighted by Crippen LogP contribution is 2.29. The summed E-state index contributed by atoms with van der Waals surface area (Å²) < 4.78 is 3.06. The number of hydrogen-bond acceptors (Lipinski definition) is 4. The molecule has 4 aromatic carbocycles. The Hall–Kier alpha value is -4.08. The van der Waals surface area contributed by atoms with E-state index in [2.05, 4.69) is 47.7 Å². The minimum absolute atomic E-state index is 0.209. The van der Waals surface area contributed by atoms with Crippen molar-refractivity contribution < 1.29 is 4.79 Å². The number of hydrogen-bond donors (Lipinski definition) is 2. The lowest BCUT2D eigenvalue weighted by Crippen LogP contribution is -2.24. The second-order valence-electron chi connectivity index (χ2n) is 8.01. The Kier molecular flexibility index (Phi) is 7.25. The standard InChI is InChI=1S/C28H19Br2N5O2/c29-20-15-23-25(24(30)16-20)33-26(19-9-5-2-6-10-19)35(27(23)36)22-13-11-21(12-14-22)32-28(37)34-31-17-18-7-3-1-4-8-18/h1-17H,(H2,32,34,37)/b31-17+. The zero-order valence-corrected chi connectivity index (χ0v) is 22.4. The van der Waals surface area contributed by atoms with Gasteiger partial charge in [0, 0.05) is 20.2 Å². The molecule has 0 saturated heterocycles. The number of nitrogens with one attached hydrogen (secondary N) is 2. The van der Waals surface area contributed by atoms with Crippen molar-refractivity contribution in [2.45, 2.75) is 0 Å². The number of fused-ring (bicyclic) bond motifs is 1. The fourth-order valence-corrected chi connectivity index (χ4v) is 5.11. The van der Waals surface area contributed by atoms with Crippen LogP contribution < -0.4 is 16.3 Å². The summed E-state index contributed by atoms with van der Waals surface area (Å²) in [4.78, 5) is 30.8. The molecule has 0 radical (unpaired) electrons. The van der Waals surface area contributed by atoms with Crippen LogP contribution in [0.25, 0.3) is 28.0 Å². The molecule has 5 rings (SSSR count). The van der Waals surface area contributed by atoms with Gasteiger partial charge in [-0.2, -0.15) is 5.10 Å². The molecule has 0 fully saturated rings. The molecule has 5 aromatic rings. The smallest absolute Gasteiger partial charge is 0.307 e. The zero-order chi connectivity index (χ0) is 25.8. The van der Waals surface area contributed by atoms with Crippen molar-refractivity contribution in [1.29, 1.82) is 0 Å². The van der Waals surface area contributed by atoms with Gasteiger partial charge in [-0.3, -0.25) is 9.36 Å². The van der Waals surface area contributed by atoms with E-state index >= 15 is 0 Å².